The van der Waals surface area contributed by atoms with Crippen molar-refractivity contribution in [1.82, 2.24) is 10.2 Å². The van der Waals surface area contributed by atoms with Crippen LogP contribution in [0.2, 0.25) is 0 Å². The molecule has 0 radical (unpaired) electrons. The minimum absolute atomic E-state index is 0.103. The number of hydrogen-bond donors (Lipinski definition) is 2. The minimum atomic E-state index is -1.10. The highest BCUT2D eigenvalue weighted by Gasteiger charge is 2.38. The molecule has 9 nitrogen and oxygen atoms in total. The van der Waals surface area contributed by atoms with Crippen LogP contribution in [0.3, 0.4) is 0 Å². The normalized spacial score (nSPS) is 16.4. The molecule has 0 aromatic heterocycles. The number of benzene rings is 2. The number of carbonyl (C=O) groups excluding carboxylic acids is 2. The van der Waals surface area contributed by atoms with Gasteiger partial charge in [0, 0.05) is 13.0 Å². The second-order valence-electron chi connectivity index (χ2n) is 8.72. The first-order valence-electron chi connectivity index (χ1n) is 12.0. The lowest BCUT2D eigenvalue weighted by Crippen LogP contribution is -2.56. The van der Waals surface area contributed by atoms with E-state index in [1.54, 1.807) is 26.0 Å². The summed E-state index contributed by atoms with van der Waals surface area (Å²) in [5.74, 6) is -0.930. The number of aliphatic carboxylic acids is 1. The number of hydrogen-bond acceptors (Lipinski definition) is 7. The van der Waals surface area contributed by atoms with Gasteiger partial charge in [-0.2, -0.15) is 0 Å². The van der Waals surface area contributed by atoms with E-state index in [0.29, 0.717) is 24.3 Å². The van der Waals surface area contributed by atoms with E-state index in [2.05, 4.69) is 5.32 Å². The summed E-state index contributed by atoms with van der Waals surface area (Å²) in [6, 6.07) is 10.7. The first-order chi connectivity index (χ1) is 17.3. The van der Waals surface area contributed by atoms with Gasteiger partial charge in [0.2, 0.25) is 5.91 Å². The van der Waals surface area contributed by atoms with Crippen LogP contribution >= 0.6 is 0 Å². The zero-order valence-electron chi connectivity index (χ0n) is 21.2. The number of carboxylic acids is 1. The summed E-state index contributed by atoms with van der Waals surface area (Å²) in [6.45, 7) is 3.69. The summed E-state index contributed by atoms with van der Waals surface area (Å²) in [7, 11) is 3.04. The lowest BCUT2D eigenvalue weighted by molar-refractivity contribution is -0.153. The highest BCUT2D eigenvalue weighted by atomic mass is 16.5. The standard InChI is InChI=1S/C27H34N2O7/c1-5-36-27(33)21(12-11-18-9-7-6-8-10-18)28-17(2)25(30)29-16-20-15-24(35-4)23(34-3)14-19(20)13-22(29)26(31)32/h6-10,14-15,17,21-22,28H,5,11-13,16H2,1-4H3,(H,31,32)/t17-,21+,22-/m1/s1. The van der Waals surface area contributed by atoms with Crippen LogP contribution in [0, 0.1) is 0 Å². The monoisotopic (exact) mass is 498 g/mol. The number of fused-ring (bicyclic) bond motifs is 1. The molecular weight excluding hydrogens is 464 g/mol. The highest BCUT2D eigenvalue weighted by molar-refractivity contribution is 5.88. The van der Waals surface area contributed by atoms with Crippen LogP contribution in [0.25, 0.3) is 0 Å². The molecule has 2 N–H and O–H groups in total. The Labute approximate surface area is 211 Å². The number of esters is 1. The number of ether oxygens (including phenoxy) is 3. The number of carbonyl (C=O) groups is 3. The van der Waals surface area contributed by atoms with Crippen molar-refractivity contribution in [2.24, 2.45) is 0 Å². The minimum Gasteiger partial charge on any atom is -0.493 e. The second-order valence-corrected chi connectivity index (χ2v) is 8.72. The van der Waals surface area contributed by atoms with Gasteiger partial charge in [-0.25, -0.2) is 4.79 Å². The van der Waals surface area contributed by atoms with E-state index in [4.69, 9.17) is 14.2 Å². The number of nitrogens with one attached hydrogen (secondary N) is 1. The summed E-state index contributed by atoms with van der Waals surface area (Å²) < 4.78 is 15.9. The molecule has 1 heterocycles. The number of rotatable bonds is 11. The quantitative estimate of drug-likeness (QED) is 0.455. The fraction of sp³-hybridized carbons (Fsp3) is 0.444. The molecule has 0 saturated carbocycles. The van der Waals surface area contributed by atoms with Crippen LogP contribution < -0.4 is 14.8 Å². The predicted molar refractivity (Wildman–Crippen MR) is 133 cm³/mol. The summed E-state index contributed by atoms with van der Waals surface area (Å²) in [4.78, 5) is 39.6. The smallest absolute Gasteiger partial charge is 0.326 e. The third-order valence-electron chi connectivity index (χ3n) is 6.36. The Bertz CT molecular complexity index is 1070. The van der Waals surface area contributed by atoms with Gasteiger partial charge in [0.25, 0.3) is 0 Å². The van der Waals surface area contributed by atoms with E-state index in [9.17, 15) is 19.5 Å². The van der Waals surface area contributed by atoms with E-state index in [1.807, 2.05) is 30.3 Å². The zero-order valence-corrected chi connectivity index (χ0v) is 21.2. The Morgan fingerprint density at radius 1 is 1.08 bits per heavy atom. The predicted octanol–water partition coefficient (Wildman–Crippen LogP) is 2.58. The number of nitrogens with zero attached hydrogens (tertiary/aromatic N) is 1. The van der Waals surface area contributed by atoms with Gasteiger partial charge in [0.15, 0.2) is 11.5 Å². The summed E-state index contributed by atoms with van der Waals surface area (Å²) in [5, 5.41) is 13.0. The SMILES string of the molecule is CCOC(=O)[C@H](CCc1ccccc1)N[C@H](C)C(=O)N1Cc2cc(OC)c(OC)cc2C[C@@H]1C(=O)O. The molecule has 3 atom stereocenters. The lowest BCUT2D eigenvalue weighted by Gasteiger charge is -2.37. The van der Waals surface area contributed by atoms with Crippen molar-refractivity contribution in [3.63, 3.8) is 0 Å². The average molecular weight is 499 g/mol. The molecule has 9 heteroatoms. The largest absolute Gasteiger partial charge is 0.493 e. The zero-order chi connectivity index (χ0) is 26.2. The van der Waals surface area contributed by atoms with Crippen LogP contribution in [-0.2, 0) is 38.5 Å². The molecule has 2 aromatic rings. The van der Waals surface area contributed by atoms with Gasteiger partial charge in [-0.05, 0) is 55.5 Å². The molecule has 0 saturated heterocycles. The fourth-order valence-electron chi connectivity index (χ4n) is 4.45. The Balaban J connectivity index is 1.79. The Hall–Kier alpha value is -3.59. The number of methoxy groups -OCH3 is 2. The van der Waals surface area contributed by atoms with E-state index >= 15 is 0 Å². The van der Waals surface area contributed by atoms with Crippen LogP contribution in [0.5, 0.6) is 11.5 Å². The van der Waals surface area contributed by atoms with Crippen molar-refractivity contribution in [1.29, 1.82) is 0 Å². The second kappa shape index (κ2) is 12.4. The van der Waals surface area contributed by atoms with Crippen molar-refractivity contribution >= 4 is 17.8 Å². The molecule has 1 amide bonds. The van der Waals surface area contributed by atoms with E-state index in [0.717, 1.165) is 16.7 Å². The maximum Gasteiger partial charge on any atom is 0.326 e. The first kappa shape index (κ1) is 27.0. The van der Waals surface area contributed by atoms with Crippen LogP contribution in [0.15, 0.2) is 42.5 Å². The molecule has 36 heavy (non-hydrogen) atoms. The van der Waals surface area contributed by atoms with Crippen molar-refractivity contribution in [3.8, 4) is 11.5 Å². The molecule has 0 fully saturated rings. The van der Waals surface area contributed by atoms with Crippen LogP contribution in [0.1, 0.15) is 37.0 Å². The van der Waals surface area contributed by atoms with Crippen LogP contribution in [0.4, 0.5) is 0 Å². The van der Waals surface area contributed by atoms with Gasteiger partial charge in [-0.3, -0.25) is 14.9 Å². The number of amides is 1. The molecular formula is C27H34N2O7. The molecule has 2 aromatic carbocycles. The third kappa shape index (κ3) is 6.34. The van der Waals surface area contributed by atoms with Gasteiger partial charge >= 0.3 is 11.9 Å². The maximum absolute atomic E-state index is 13.5. The van der Waals surface area contributed by atoms with Gasteiger partial charge in [-0.1, -0.05) is 30.3 Å². The topological polar surface area (TPSA) is 114 Å². The molecule has 194 valence electrons. The maximum atomic E-state index is 13.5. The first-order valence-corrected chi connectivity index (χ1v) is 12.0. The molecule has 0 spiro atoms. The average Bonchev–Trinajstić information content (AvgIpc) is 2.89. The van der Waals surface area contributed by atoms with Gasteiger partial charge < -0.3 is 24.2 Å². The van der Waals surface area contributed by atoms with E-state index < -0.39 is 36.0 Å². The molecule has 0 aliphatic carbocycles. The molecule has 3 rings (SSSR count). The van der Waals surface area contributed by atoms with Crippen molar-refractivity contribution in [2.45, 2.75) is 57.8 Å². The molecule has 0 unspecified atom stereocenters. The third-order valence-corrected chi connectivity index (χ3v) is 6.36. The Morgan fingerprint density at radius 3 is 2.31 bits per heavy atom. The van der Waals surface area contributed by atoms with Gasteiger partial charge in [0.05, 0.1) is 26.9 Å². The van der Waals surface area contributed by atoms with Crippen molar-refractivity contribution in [3.05, 3.63) is 59.2 Å². The fourth-order valence-corrected chi connectivity index (χ4v) is 4.45. The van der Waals surface area contributed by atoms with Crippen LogP contribution in [-0.4, -0.2) is 66.8 Å². The molecule has 1 aliphatic rings. The lowest BCUT2D eigenvalue weighted by atomic mass is 9.92. The number of carboxylic acid groups (broad SMARTS) is 1. The summed E-state index contributed by atoms with van der Waals surface area (Å²) in [5.41, 5.74) is 2.64. The highest BCUT2D eigenvalue weighted by Crippen LogP contribution is 2.35. The van der Waals surface area contributed by atoms with Crippen molar-refractivity contribution < 1.29 is 33.7 Å². The van der Waals surface area contributed by atoms with E-state index in [-0.39, 0.29) is 19.6 Å². The number of aryl methyl sites for hydroxylation is 1. The molecule has 1 aliphatic heterocycles. The Kier molecular flexibility index (Phi) is 9.30. The Morgan fingerprint density at radius 2 is 1.72 bits per heavy atom. The van der Waals surface area contributed by atoms with Crippen molar-refractivity contribution in [2.75, 3.05) is 20.8 Å². The van der Waals surface area contributed by atoms with E-state index in [1.165, 1.54) is 19.1 Å². The summed E-state index contributed by atoms with van der Waals surface area (Å²) in [6.07, 6.45) is 1.19. The van der Waals surface area contributed by atoms with Gasteiger partial charge in [0.1, 0.15) is 12.1 Å². The molecule has 0 bridgehead atoms. The summed E-state index contributed by atoms with van der Waals surface area (Å²) >= 11 is 0. The van der Waals surface area contributed by atoms with Gasteiger partial charge in [-0.15, -0.1) is 0 Å².